The SMILES string of the molecule is CN[C@H]1CCC[C@@H](C#N)[C@@H]1O. The first-order chi connectivity index (χ1) is 5.29. The lowest BCUT2D eigenvalue weighted by atomic mass is 9.84. The maximum atomic E-state index is 9.54. The average molecular weight is 154 g/mol. The minimum atomic E-state index is -0.473. The van der Waals surface area contributed by atoms with Gasteiger partial charge in [0.25, 0.3) is 0 Å². The van der Waals surface area contributed by atoms with Crippen LogP contribution in [0.4, 0.5) is 0 Å². The summed E-state index contributed by atoms with van der Waals surface area (Å²) in [6.45, 7) is 0. The van der Waals surface area contributed by atoms with Crippen LogP contribution in [0.5, 0.6) is 0 Å². The number of nitrogens with one attached hydrogen (secondary N) is 1. The Morgan fingerprint density at radius 2 is 2.27 bits per heavy atom. The van der Waals surface area contributed by atoms with Crippen LogP contribution in [0.2, 0.25) is 0 Å². The standard InChI is InChI=1S/C8H14N2O/c1-10-7-4-2-3-6(5-9)8(7)11/h6-8,10-11H,2-4H2,1H3/t6-,7-,8-/m0/s1. The Bertz CT molecular complexity index is 164. The van der Waals surface area contributed by atoms with Crippen LogP contribution >= 0.6 is 0 Å². The summed E-state index contributed by atoms with van der Waals surface area (Å²) in [4.78, 5) is 0. The molecule has 0 aromatic heterocycles. The van der Waals surface area contributed by atoms with Crippen molar-refractivity contribution in [2.24, 2.45) is 5.92 Å². The van der Waals surface area contributed by atoms with Crippen LogP contribution in [0.15, 0.2) is 0 Å². The fourth-order valence-corrected chi connectivity index (χ4v) is 1.64. The van der Waals surface area contributed by atoms with Gasteiger partial charge in [0.1, 0.15) is 0 Å². The summed E-state index contributed by atoms with van der Waals surface area (Å²) in [5.74, 6) is -0.166. The van der Waals surface area contributed by atoms with Crippen LogP contribution in [-0.4, -0.2) is 24.3 Å². The molecule has 3 atom stereocenters. The van der Waals surface area contributed by atoms with E-state index in [1.807, 2.05) is 7.05 Å². The van der Waals surface area contributed by atoms with Gasteiger partial charge in [0, 0.05) is 6.04 Å². The van der Waals surface area contributed by atoms with Crippen LogP contribution in [0.1, 0.15) is 19.3 Å². The van der Waals surface area contributed by atoms with Gasteiger partial charge in [-0.3, -0.25) is 0 Å². The maximum absolute atomic E-state index is 9.54. The van der Waals surface area contributed by atoms with Crippen molar-refractivity contribution in [3.8, 4) is 6.07 Å². The van der Waals surface area contributed by atoms with E-state index in [2.05, 4.69) is 11.4 Å². The number of aliphatic hydroxyl groups excluding tert-OH is 1. The first-order valence-electron chi connectivity index (χ1n) is 4.04. The zero-order valence-corrected chi connectivity index (χ0v) is 6.75. The highest BCUT2D eigenvalue weighted by Gasteiger charge is 2.30. The molecule has 0 aromatic rings. The van der Waals surface area contributed by atoms with Crippen molar-refractivity contribution in [2.45, 2.75) is 31.4 Å². The third kappa shape index (κ3) is 1.70. The van der Waals surface area contributed by atoms with E-state index in [4.69, 9.17) is 5.26 Å². The van der Waals surface area contributed by atoms with Gasteiger partial charge in [-0.25, -0.2) is 0 Å². The van der Waals surface area contributed by atoms with E-state index < -0.39 is 6.10 Å². The molecule has 0 aromatic carbocycles. The molecule has 1 saturated carbocycles. The third-order valence-corrected chi connectivity index (χ3v) is 2.39. The van der Waals surface area contributed by atoms with Crippen LogP contribution in [0.25, 0.3) is 0 Å². The van der Waals surface area contributed by atoms with Crippen LogP contribution in [0, 0.1) is 17.2 Å². The van der Waals surface area contributed by atoms with Crippen molar-refractivity contribution in [1.29, 1.82) is 5.26 Å². The lowest BCUT2D eigenvalue weighted by molar-refractivity contribution is 0.0637. The molecule has 11 heavy (non-hydrogen) atoms. The van der Waals surface area contributed by atoms with Crippen molar-refractivity contribution in [3.63, 3.8) is 0 Å². The van der Waals surface area contributed by atoms with E-state index in [0.29, 0.717) is 0 Å². The lowest BCUT2D eigenvalue weighted by Crippen LogP contribution is -2.44. The molecule has 62 valence electrons. The molecule has 2 N–H and O–H groups in total. The number of aliphatic hydroxyl groups is 1. The number of likely N-dealkylation sites (N-methyl/N-ethyl adjacent to an activating group) is 1. The normalized spacial score (nSPS) is 38.1. The summed E-state index contributed by atoms with van der Waals surface area (Å²) in [7, 11) is 1.83. The smallest absolute Gasteiger partial charge is 0.0850 e. The molecule has 1 fully saturated rings. The highest BCUT2D eigenvalue weighted by Crippen LogP contribution is 2.23. The number of hydrogen-bond acceptors (Lipinski definition) is 3. The summed E-state index contributed by atoms with van der Waals surface area (Å²) >= 11 is 0. The van der Waals surface area contributed by atoms with Gasteiger partial charge in [0.15, 0.2) is 0 Å². The molecule has 0 unspecified atom stereocenters. The molecule has 3 nitrogen and oxygen atoms in total. The fraction of sp³-hybridized carbons (Fsp3) is 0.875. The highest BCUT2D eigenvalue weighted by molar-refractivity contribution is 4.96. The van der Waals surface area contributed by atoms with E-state index in [1.54, 1.807) is 0 Å². The van der Waals surface area contributed by atoms with Gasteiger partial charge >= 0.3 is 0 Å². The van der Waals surface area contributed by atoms with E-state index in [0.717, 1.165) is 19.3 Å². The molecular formula is C8H14N2O. The van der Waals surface area contributed by atoms with E-state index >= 15 is 0 Å². The lowest BCUT2D eigenvalue weighted by Gasteiger charge is -2.30. The van der Waals surface area contributed by atoms with Crippen molar-refractivity contribution in [2.75, 3.05) is 7.05 Å². The first kappa shape index (κ1) is 8.51. The summed E-state index contributed by atoms with van der Waals surface area (Å²) in [5, 5.41) is 21.2. The molecule has 0 bridgehead atoms. The van der Waals surface area contributed by atoms with Crippen molar-refractivity contribution in [3.05, 3.63) is 0 Å². The number of rotatable bonds is 1. The van der Waals surface area contributed by atoms with Gasteiger partial charge in [0.2, 0.25) is 0 Å². The summed E-state index contributed by atoms with van der Waals surface area (Å²) in [6.07, 6.45) is 2.39. The first-order valence-corrected chi connectivity index (χ1v) is 4.04. The molecule has 1 aliphatic carbocycles. The summed E-state index contributed by atoms with van der Waals surface area (Å²) in [6, 6.07) is 2.25. The van der Waals surface area contributed by atoms with E-state index in [-0.39, 0.29) is 12.0 Å². The zero-order chi connectivity index (χ0) is 8.27. The second-order valence-electron chi connectivity index (χ2n) is 3.05. The molecule has 0 spiro atoms. The molecule has 1 rings (SSSR count). The quantitative estimate of drug-likeness (QED) is 0.569. The second-order valence-corrected chi connectivity index (χ2v) is 3.05. The molecule has 1 aliphatic rings. The molecule has 0 heterocycles. The van der Waals surface area contributed by atoms with Gasteiger partial charge in [-0.15, -0.1) is 0 Å². The number of hydrogen-bond donors (Lipinski definition) is 2. The van der Waals surface area contributed by atoms with Crippen LogP contribution in [-0.2, 0) is 0 Å². The molecule has 0 amide bonds. The maximum Gasteiger partial charge on any atom is 0.0850 e. The minimum Gasteiger partial charge on any atom is -0.390 e. The fourth-order valence-electron chi connectivity index (χ4n) is 1.64. The average Bonchev–Trinajstić information content (AvgIpc) is 2.05. The minimum absolute atomic E-state index is 0.119. The Kier molecular flexibility index (Phi) is 2.86. The Labute approximate surface area is 67.0 Å². The summed E-state index contributed by atoms with van der Waals surface area (Å²) in [5.41, 5.74) is 0. The Balaban J connectivity index is 2.53. The van der Waals surface area contributed by atoms with Crippen molar-refractivity contribution >= 4 is 0 Å². The topological polar surface area (TPSA) is 56.0 Å². The van der Waals surface area contributed by atoms with Gasteiger partial charge in [-0.2, -0.15) is 5.26 Å². The Morgan fingerprint density at radius 1 is 1.55 bits per heavy atom. The van der Waals surface area contributed by atoms with Crippen LogP contribution in [0.3, 0.4) is 0 Å². The monoisotopic (exact) mass is 154 g/mol. The van der Waals surface area contributed by atoms with Gasteiger partial charge in [0.05, 0.1) is 18.1 Å². The molecule has 0 aliphatic heterocycles. The Morgan fingerprint density at radius 3 is 2.82 bits per heavy atom. The summed E-state index contributed by atoms with van der Waals surface area (Å²) < 4.78 is 0. The van der Waals surface area contributed by atoms with E-state index in [9.17, 15) is 5.11 Å². The molecule has 0 saturated heterocycles. The van der Waals surface area contributed by atoms with Gasteiger partial charge < -0.3 is 10.4 Å². The molecular weight excluding hydrogens is 140 g/mol. The third-order valence-electron chi connectivity index (χ3n) is 2.39. The molecule has 3 heteroatoms. The predicted molar refractivity (Wildman–Crippen MR) is 41.8 cm³/mol. The van der Waals surface area contributed by atoms with Gasteiger partial charge in [-0.1, -0.05) is 6.42 Å². The zero-order valence-electron chi connectivity index (χ0n) is 6.75. The Hall–Kier alpha value is -0.590. The second kappa shape index (κ2) is 3.70. The highest BCUT2D eigenvalue weighted by atomic mass is 16.3. The number of nitrogens with zero attached hydrogens (tertiary/aromatic N) is 1. The van der Waals surface area contributed by atoms with Crippen molar-refractivity contribution < 1.29 is 5.11 Å². The van der Waals surface area contributed by atoms with E-state index in [1.165, 1.54) is 0 Å². The van der Waals surface area contributed by atoms with Crippen LogP contribution < -0.4 is 5.32 Å². The van der Waals surface area contributed by atoms with Gasteiger partial charge in [-0.05, 0) is 19.9 Å². The molecule has 0 radical (unpaired) electrons. The number of nitriles is 1. The van der Waals surface area contributed by atoms with Crippen molar-refractivity contribution in [1.82, 2.24) is 5.32 Å². The predicted octanol–water partition coefficient (Wildman–Crippen LogP) is 0.259. The largest absolute Gasteiger partial charge is 0.390 e.